The summed E-state index contributed by atoms with van der Waals surface area (Å²) in [4.78, 5) is 22.4. The van der Waals surface area contributed by atoms with Crippen molar-refractivity contribution in [3.8, 4) is 5.75 Å². The highest BCUT2D eigenvalue weighted by molar-refractivity contribution is 7.87. The first kappa shape index (κ1) is 17.1. The van der Waals surface area contributed by atoms with E-state index in [1.54, 1.807) is 18.2 Å². The Hall–Kier alpha value is -1.93. The molecule has 0 spiro atoms. The van der Waals surface area contributed by atoms with Crippen LogP contribution in [0.5, 0.6) is 5.75 Å². The SMILES string of the molecule is CCCc1ccccc1OC(=O)C(CC(=O)O)S(=O)(=O)O. The summed E-state index contributed by atoms with van der Waals surface area (Å²) in [7, 11) is -4.86. The van der Waals surface area contributed by atoms with E-state index in [1.807, 2.05) is 6.92 Å². The summed E-state index contributed by atoms with van der Waals surface area (Å²) in [6, 6.07) is 6.53. The second-order valence-electron chi connectivity index (χ2n) is 4.38. The molecular weight excluding hydrogens is 300 g/mol. The molecule has 116 valence electrons. The minimum Gasteiger partial charge on any atom is -0.481 e. The van der Waals surface area contributed by atoms with Gasteiger partial charge in [0, 0.05) is 0 Å². The van der Waals surface area contributed by atoms with Gasteiger partial charge in [0.1, 0.15) is 5.75 Å². The van der Waals surface area contributed by atoms with Gasteiger partial charge in [0.05, 0.1) is 6.42 Å². The largest absolute Gasteiger partial charge is 0.481 e. The van der Waals surface area contributed by atoms with Crippen LogP contribution >= 0.6 is 0 Å². The van der Waals surface area contributed by atoms with Gasteiger partial charge >= 0.3 is 11.9 Å². The molecule has 0 amide bonds. The zero-order chi connectivity index (χ0) is 16.0. The predicted octanol–water partition coefficient (Wildman–Crippen LogP) is 1.28. The molecule has 0 aliphatic carbocycles. The quantitative estimate of drug-likeness (QED) is 0.442. The number of aliphatic carboxylic acids is 1. The molecule has 0 saturated carbocycles. The highest BCUT2D eigenvalue weighted by Crippen LogP contribution is 2.21. The highest BCUT2D eigenvalue weighted by atomic mass is 32.2. The minimum atomic E-state index is -4.86. The van der Waals surface area contributed by atoms with Crippen LogP contribution in [0.3, 0.4) is 0 Å². The van der Waals surface area contributed by atoms with Crippen LogP contribution in [-0.4, -0.2) is 35.3 Å². The van der Waals surface area contributed by atoms with E-state index in [0.717, 1.165) is 6.42 Å². The van der Waals surface area contributed by atoms with E-state index >= 15 is 0 Å². The van der Waals surface area contributed by atoms with Crippen LogP contribution in [0.1, 0.15) is 25.3 Å². The van der Waals surface area contributed by atoms with Gasteiger partial charge < -0.3 is 9.84 Å². The Balaban J connectivity index is 2.99. The first-order chi connectivity index (χ1) is 9.75. The molecule has 1 aromatic rings. The van der Waals surface area contributed by atoms with E-state index in [2.05, 4.69) is 0 Å². The zero-order valence-corrected chi connectivity index (χ0v) is 12.2. The average molecular weight is 316 g/mol. The third kappa shape index (κ3) is 5.16. The third-order valence-corrected chi connectivity index (χ3v) is 3.76. The number of para-hydroxylation sites is 1. The highest BCUT2D eigenvalue weighted by Gasteiger charge is 2.35. The second-order valence-corrected chi connectivity index (χ2v) is 5.98. The van der Waals surface area contributed by atoms with Gasteiger partial charge in [-0.3, -0.25) is 14.1 Å². The topological polar surface area (TPSA) is 118 Å². The number of hydrogen-bond donors (Lipinski definition) is 2. The molecular formula is C13H16O7S. The van der Waals surface area contributed by atoms with E-state index in [-0.39, 0.29) is 5.75 Å². The Kier molecular flexibility index (Phi) is 5.86. The first-order valence-corrected chi connectivity index (χ1v) is 7.73. The van der Waals surface area contributed by atoms with Crippen LogP contribution in [0.2, 0.25) is 0 Å². The number of carboxylic acids is 1. The van der Waals surface area contributed by atoms with Crippen molar-refractivity contribution in [1.82, 2.24) is 0 Å². The lowest BCUT2D eigenvalue weighted by Gasteiger charge is -2.13. The monoisotopic (exact) mass is 316 g/mol. The molecule has 2 N–H and O–H groups in total. The summed E-state index contributed by atoms with van der Waals surface area (Å²) in [6.07, 6.45) is 0.331. The van der Waals surface area contributed by atoms with Crippen molar-refractivity contribution in [1.29, 1.82) is 0 Å². The normalized spacial score (nSPS) is 12.7. The van der Waals surface area contributed by atoms with Crippen LogP contribution in [0, 0.1) is 0 Å². The fraction of sp³-hybridized carbons (Fsp3) is 0.385. The van der Waals surface area contributed by atoms with E-state index < -0.39 is 33.7 Å². The average Bonchev–Trinajstić information content (AvgIpc) is 2.37. The summed E-state index contributed by atoms with van der Waals surface area (Å²) in [6.45, 7) is 1.92. The molecule has 0 bridgehead atoms. The zero-order valence-electron chi connectivity index (χ0n) is 11.4. The molecule has 1 atom stereocenters. The standard InChI is InChI=1S/C13H16O7S/c1-2-5-9-6-3-4-7-10(9)20-13(16)11(8-12(14)15)21(17,18)19/h3-4,6-7,11H,2,5,8H2,1H3,(H,14,15)(H,17,18,19). The lowest BCUT2D eigenvalue weighted by Crippen LogP contribution is -2.35. The van der Waals surface area contributed by atoms with Crippen molar-refractivity contribution >= 4 is 22.1 Å². The van der Waals surface area contributed by atoms with Gasteiger partial charge in [-0.2, -0.15) is 8.42 Å². The van der Waals surface area contributed by atoms with E-state index in [1.165, 1.54) is 6.07 Å². The Morgan fingerprint density at radius 3 is 2.43 bits per heavy atom. The smallest absolute Gasteiger partial charge is 0.332 e. The molecule has 0 fully saturated rings. The van der Waals surface area contributed by atoms with Gasteiger partial charge in [0.2, 0.25) is 0 Å². The molecule has 21 heavy (non-hydrogen) atoms. The second kappa shape index (κ2) is 7.19. The predicted molar refractivity (Wildman–Crippen MR) is 73.7 cm³/mol. The molecule has 0 aliphatic heterocycles. The Morgan fingerprint density at radius 1 is 1.29 bits per heavy atom. The minimum absolute atomic E-state index is 0.156. The van der Waals surface area contributed by atoms with Crippen LogP contribution in [0.25, 0.3) is 0 Å². The van der Waals surface area contributed by atoms with Crippen LogP contribution in [0.4, 0.5) is 0 Å². The maximum atomic E-state index is 11.8. The van der Waals surface area contributed by atoms with Crippen molar-refractivity contribution in [2.24, 2.45) is 0 Å². The fourth-order valence-corrected chi connectivity index (χ4v) is 2.37. The van der Waals surface area contributed by atoms with E-state index in [0.29, 0.717) is 12.0 Å². The number of rotatable bonds is 7. The number of carbonyl (C=O) groups excluding carboxylic acids is 1. The Labute approximate surface area is 122 Å². The summed E-state index contributed by atoms with van der Waals surface area (Å²) in [5.41, 5.74) is 0.692. The Morgan fingerprint density at radius 2 is 1.90 bits per heavy atom. The van der Waals surface area contributed by atoms with Crippen LogP contribution < -0.4 is 4.74 Å². The van der Waals surface area contributed by atoms with Crippen LogP contribution in [0.15, 0.2) is 24.3 Å². The number of hydrogen-bond acceptors (Lipinski definition) is 5. The van der Waals surface area contributed by atoms with Crippen molar-refractivity contribution < 1.29 is 32.4 Å². The molecule has 0 radical (unpaired) electrons. The first-order valence-electron chi connectivity index (χ1n) is 6.23. The van der Waals surface area contributed by atoms with Gasteiger partial charge in [0.15, 0.2) is 5.25 Å². The number of ether oxygens (including phenoxy) is 1. The van der Waals surface area contributed by atoms with Gasteiger partial charge in [-0.1, -0.05) is 31.5 Å². The molecule has 1 unspecified atom stereocenters. The maximum absolute atomic E-state index is 11.8. The van der Waals surface area contributed by atoms with Gasteiger partial charge in [-0.15, -0.1) is 0 Å². The molecule has 0 saturated heterocycles. The third-order valence-electron chi connectivity index (χ3n) is 2.68. The fourth-order valence-electron chi connectivity index (χ4n) is 1.72. The molecule has 0 aliphatic rings. The summed E-state index contributed by atoms with van der Waals surface area (Å²) in [5.74, 6) is -2.69. The number of carbonyl (C=O) groups is 2. The lowest BCUT2D eigenvalue weighted by molar-refractivity contribution is -0.142. The van der Waals surface area contributed by atoms with E-state index in [9.17, 15) is 18.0 Å². The molecule has 1 rings (SSSR count). The van der Waals surface area contributed by atoms with Crippen LogP contribution in [-0.2, 0) is 26.1 Å². The number of benzene rings is 1. The van der Waals surface area contributed by atoms with Crippen molar-refractivity contribution in [2.45, 2.75) is 31.4 Å². The Bertz CT molecular complexity index is 621. The number of aryl methyl sites for hydroxylation is 1. The molecule has 0 heterocycles. The van der Waals surface area contributed by atoms with E-state index in [4.69, 9.17) is 14.4 Å². The molecule has 8 heteroatoms. The summed E-state index contributed by atoms with van der Waals surface area (Å²) in [5, 5.41) is 6.47. The van der Waals surface area contributed by atoms with Gasteiger partial charge in [0.25, 0.3) is 10.1 Å². The molecule has 7 nitrogen and oxygen atoms in total. The molecule has 0 aromatic heterocycles. The number of esters is 1. The van der Waals surface area contributed by atoms with Crippen molar-refractivity contribution in [2.75, 3.05) is 0 Å². The maximum Gasteiger partial charge on any atom is 0.332 e. The van der Waals surface area contributed by atoms with Crippen molar-refractivity contribution in [3.63, 3.8) is 0 Å². The summed E-state index contributed by atoms with van der Waals surface area (Å²) < 4.78 is 36.1. The van der Waals surface area contributed by atoms with Gasteiger partial charge in [-0.05, 0) is 18.1 Å². The lowest BCUT2D eigenvalue weighted by atomic mass is 10.1. The number of carboxylic acid groups (broad SMARTS) is 1. The summed E-state index contributed by atoms with van der Waals surface area (Å²) >= 11 is 0. The van der Waals surface area contributed by atoms with Gasteiger partial charge in [-0.25, -0.2) is 0 Å². The molecule has 1 aromatic carbocycles. The van der Waals surface area contributed by atoms with Crippen molar-refractivity contribution in [3.05, 3.63) is 29.8 Å².